The normalized spacial score (nSPS) is 32.3. The lowest BCUT2D eigenvalue weighted by molar-refractivity contribution is -0.195. The van der Waals surface area contributed by atoms with Crippen LogP contribution in [0.25, 0.3) is 0 Å². The number of hydrogen-bond acceptors (Lipinski definition) is 6. The van der Waals surface area contributed by atoms with E-state index in [1.54, 1.807) is 6.07 Å². The third kappa shape index (κ3) is 3.30. The number of nitrogens with zero attached hydrogens (tertiary/aromatic N) is 2. The van der Waals surface area contributed by atoms with Gasteiger partial charge in [0.1, 0.15) is 17.9 Å². The number of ether oxygens (including phenoxy) is 2. The molecule has 0 aromatic carbocycles. The van der Waals surface area contributed by atoms with Gasteiger partial charge in [0, 0.05) is 6.07 Å². The van der Waals surface area contributed by atoms with E-state index in [9.17, 15) is 23.4 Å². The van der Waals surface area contributed by atoms with Crippen molar-refractivity contribution in [1.29, 1.82) is 5.26 Å². The Hall–Kier alpha value is -1.89. The molecule has 1 fully saturated rings. The van der Waals surface area contributed by atoms with Gasteiger partial charge in [0.2, 0.25) is 5.88 Å². The summed E-state index contributed by atoms with van der Waals surface area (Å²) >= 11 is 0. The largest absolute Gasteiger partial charge is 0.467 e. The van der Waals surface area contributed by atoms with Gasteiger partial charge < -0.3 is 19.7 Å². The first kappa shape index (κ1) is 16.5. The van der Waals surface area contributed by atoms with Crippen LogP contribution in [0.2, 0.25) is 0 Å². The first-order chi connectivity index (χ1) is 10.2. The lowest BCUT2D eigenvalue weighted by Crippen LogP contribution is -2.58. The predicted octanol–water partition coefficient (Wildman–Crippen LogP) is 0.880. The second-order valence-electron chi connectivity index (χ2n) is 4.81. The molecule has 22 heavy (non-hydrogen) atoms. The van der Waals surface area contributed by atoms with E-state index in [0.717, 1.165) is 18.2 Å². The molecule has 1 saturated heterocycles. The van der Waals surface area contributed by atoms with Crippen LogP contribution in [0.15, 0.2) is 18.2 Å². The van der Waals surface area contributed by atoms with E-state index in [2.05, 4.69) is 4.98 Å². The Kier molecular flexibility index (Phi) is 4.55. The average molecular weight is 318 g/mol. The maximum Gasteiger partial charge on any atom is 0.433 e. The molecular weight excluding hydrogens is 305 g/mol. The third-order valence-corrected chi connectivity index (χ3v) is 3.23. The molecular formula is C13H13F3N2O4. The molecule has 1 aliphatic heterocycles. The number of nitriles is 1. The molecule has 2 N–H and O–H groups in total. The fourth-order valence-corrected chi connectivity index (χ4v) is 2.05. The fourth-order valence-electron chi connectivity index (χ4n) is 2.05. The molecule has 2 heterocycles. The zero-order chi connectivity index (χ0) is 16.5. The number of rotatable bonds is 2. The number of halogens is 3. The predicted molar refractivity (Wildman–Crippen MR) is 65.6 cm³/mol. The molecule has 2 rings (SSSR count). The summed E-state index contributed by atoms with van der Waals surface area (Å²) in [4.78, 5) is 3.28. The van der Waals surface area contributed by atoms with Gasteiger partial charge in [-0.25, -0.2) is 4.98 Å². The van der Waals surface area contributed by atoms with Crippen molar-refractivity contribution in [2.45, 2.75) is 43.6 Å². The van der Waals surface area contributed by atoms with E-state index in [1.165, 1.54) is 6.92 Å². The van der Waals surface area contributed by atoms with Crippen LogP contribution in [0.5, 0.6) is 5.88 Å². The Morgan fingerprint density at radius 1 is 1.32 bits per heavy atom. The smallest absolute Gasteiger partial charge is 0.433 e. The Morgan fingerprint density at radius 2 is 2.00 bits per heavy atom. The molecule has 0 aliphatic carbocycles. The van der Waals surface area contributed by atoms with Crippen LogP contribution in [0.4, 0.5) is 13.2 Å². The molecule has 120 valence electrons. The molecule has 6 nitrogen and oxygen atoms in total. The molecule has 0 bridgehead atoms. The SMILES string of the molecule is C[C@H]1O[C@H](C#N)[C@H](Oc2cccc(C(F)(F)F)n2)[C@@H](O)[C@H]1O. The summed E-state index contributed by atoms with van der Waals surface area (Å²) in [6.45, 7) is 1.46. The van der Waals surface area contributed by atoms with Crippen LogP contribution in [0, 0.1) is 11.3 Å². The quantitative estimate of drug-likeness (QED) is 0.840. The molecule has 1 aromatic rings. The highest BCUT2D eigenvalue weighted by Gasteiger charge is 2.45. The fraction of sp³-hybridized carbons (Fsp3) is 0.538. The van der Waals surface area contributed by atoms with Crippen LogP contribution < -0.4 is 4.74 Å². The third-order valence-electron chi connectivity index (χ3n) is 3.23. The van der Waals surface area contributed by atoms with Crippen molar-refractivity contribution < 1.29 is 32.9 Å². The Bertz CT molecular complexity index is 575. The molecule has 9 heteroatoms. The summed E-state index contributed by atoms with van der Waals surface area (Å²) in [7, 11) is 0. The molecule has 0 radical (unpaired) electrons. The molecule has 0 unspecified atom stereocenters. The van der Waals surface area contributed by atoms with Crippen LogP contribution in [-0.2, 0) is 10.9 Å². The molecule has 0 spiro atoms. The minimum Gasteiger partial charge on any atom is -0.467 e. The summed E-state index contributed by atoms with van der Waals surface area (Å²) in [6, 6.07) is 4.73. The highest BCUT2D eigenvalue weighted by atomic mass is 19.4. The Morgan fingerprint density at radius 3 is 2.59 bits per heavy atom. The van der Waals surface area contributed by atoms with Crippen LogP contribution in [0.1, 0.15) is 12.6 Å². The minimum atomic E-state index is -4.65. The zero-order valence-corrected chi connectivity index (χ0v) is 11.4. The number of aromatic nitrogens is 1. The van der Waals surface area contributed by atoms with Gasteiger partial charge in [-0.3, -0.25) is 0 Å². The minimum absolute atomic E-state index is 0.426. The van der Waals surface area contributed by atoms with Crippen LogP contribution >= 0.6 is 0 Å². The summed E-state index contributed by atoms with van der Waals surface area (Å²) in [5, 5.41) is 28.7. The van der Waals surface area contributed by atoms with E-state index in [0.29, 0.717) is 0 Å². The van der Waals surface area contributed by atoms with Crippen molar-refractivity contribution in [3.05, 3.63) is 23.9 Å². The Balaban J connectivity index is 2.23. The number of aliphatic hydroxyl groups is 2. The second-order valence-corrected chi connectivity index (χ2v) is 4.81. The van der Waals surface area contributed by atoms with E-state index in [4.69, 9.17) is 14.7 Å². The Labute approximate surface area is 123 Å². The molecule has 1 aromatic heterocycles. The van der Waals surface area contributed by atoms with Gasteiger partial charge in [0.05, 0.1) is 12.2 Å². The number of aliphatic hydroxyl groups excluding tert-OH is 2. The van der Waals surface area contributed by atoms with Gasteiger partial charge in [-0.1, -0.05) is 6.07 Å². The first-order valence-electron chi connectivity index (χ1n) is 6.36. The van der Waals surface area contributed by atoms with Gasteiger partial charge in [-0.05, 0) is 13.0 Å². The van der Waals surface area contributed by atoms with E-state index >= 15 is 0 Å². The summed E-state index contributed by atoms with van der Waals surface area (Å²) in [5.74, 6) is -0.426. The van der Waals surface area contributed by atoms with Crippen LogP contribution in [-0.4, -0.2) is 45.7 Å². The average Bonchev–Trinajstić information content (AvgIpc) is 2.47. The summed E-state index contributed by atoms with van der Waals surface area (Å²) in [5.41, 5.74) is -1.17. The highest BCUT2D eigenvalue weighted by molar-refractivity contribution is 5.19. The van der Waals surface area contributed by atoms with Crippen LogP contribution in [0.3, 0.4) is 0 Å². The van der Waals surface area contributed by atoms with Gasteiger partial charge in [-0.2, -0.15) is 18.4 Å². The van der Waals surface area contributed by atoms with E-state index in [-0.39, 0.29) is 0 Å². The molecule has 0 amide bonds. The van der Waals surface area contributed by atoms with Gasteiger partial charge >= 0.3 is 6.18 Å². The van der Waals surface area contributed by atoms with Crippen molar-refractivity contribution >= 4 is 0 Å². The van der Waals surface area contributed by atoms with Gasteiger partial charge in [0.25, 0.3) is 0 Å². The van der Waals surface area contributed by atoms with E-state index < -0.39 is 48.3 Å². The molecule has 5 atom stereocenters. The van der Waals surface area contributed by atoms with Crippen molar-refractivity contribution in [1.82, 2.24) is 4.98 Å². The van der Waals surface area contributed by atoms with Crippen molar-refractivity contribution in [2.24, 2.45) is 0 Å². The number of hydrogen-bond donors (Lipinski definition) is 2. The van der Waals surface area contributed by atoms with E-state index in [1.807, 2.05) is 0 Å². The van der Waals surface area contributed by atoms with Gasteiger partial charge in [-0.15, -0.1) is 0 Å². The van der Waals surface area contributed by atoms with Crippen molar-refractivity contribution in [2.75, 3.05) is 0 Å². The topological polar surface area (TPSA) is 95.6 Å². The summed E-state index contributed by atoms with van der Waals surface area (Å²) in [6.07, 6.45) is -10.9. The zero-order valence-electron chi connectivity index (χ0n) is 11.4. The lowest BCUT2D eigenvalue weighted by atomic mass is 9.96. The highest BCUT2D eigenvalue weighted by Crippen LogP contribution is 2.30. The maximum absolute atomic E-state index is 12.6. The standard InChI is InChI=1S/C13H13F3N2O4/c1-6-10(19)11(20)12(7(5-17)21-6)22-9-4-2-3-8(18-9)13(14,15)16/h2-4,6-7,10-12,19-20H,1H3/t6-,7-,10+,11+,12+/m1/s1. The number of pyridine rings is 1. The second kappa shape index (κ2) is 6.08. The first-order valence-corrected chi connectivity index (χ1v) is 6.36. The number of alkyl halides is 3. The van der Waals surface area contributed by atoms with Gasteiger partial charge in [0.15, 0.2) is 12.2 Å². The molecule has 0 saturated carbocycles. The van der Waals surface area contributed by atoms with Crippen molar-refractivity contribution in [3.63, 3.8) is 0 Å². The lowest BCUT2D eigenvalue weighted by Gasteiger charge is -2.38. The monoisotopic (exact) mass is 318 g/mol. The molecule has 1 aliphatic rings. The maximum atomic E-state index is 12.6. The summed E-state index contributed by atoms with van der Waals surface area (Å²) < 4.78 is 48.1. The van der Waals surface area contributed by atoms with Crippen molar-refractivity contribution in [3.8, 4) is 11.9 Å².